The van der Waals surface area contributed by atoms with Crippen LogP contribution in [0.1, 0.15) is 50.3 Å². The van der Waals surface area contributed by atoms with Crippen molar-refractivity contribution in [2.24, 2.45) is 29.6 Å². The van der Waals surface area contributed by atoms with Crippen molar-refractivity contribution in [3.05, 3.63) is 53.9 Å². The quantitative estimate of drug-likeness (QED) is 0.464. The lowest BCUT2D eigenvalue weighted by molar-refractivity contribution is -0.209. The van der Waals surface area contributed by atoms with Gasteiger partial charge in [0, 0.05) is 36.2 Å². The molecule has 1 aromatic heterocycles. The third-order valence-electron chi connectivity index (χ3n) is 9.16. The summed E-state index contributed by atoms with van der Waals surface area (Å²) < 4.78 is 57.2. The Morgan fingerprint density at radius 1 is 1.11 bits per heavy atom. The van der Waals surface area contributed by atoms with Crippen LogP contribution in [-0.2, 0) is 31.6 Å². The molecule has 6 rings (SSSR count). The van der Waals surface area contributed by atoms with Gasteiger partial charge in [0.2, 0.25) is 0 Å². The molecule has 5 nitrogen and oxygen atoms in total. The molecule has 1 spiro atoms. The van der Waals surface area contributed by atoms with Crippen molar-refractivity contribution >= 4 is 5.97 Å². The van der Waals surface area contributed by atoms with Crippen molar-refractivity contribution < 1.29 is 32.2 Å². The third kappa shape index (κ3) is 4.67. The van der Waals surface area contributed by atoms with Gasteiger partial charge in [-0.15, -0.1) is 0 Å². The van der Waals surface area contributed by atoms with Crippen LogP contribution in [0.3, 0.4) is 0 Å². The maximum Gasteiger partial charge on any atom is 0.416 e. The summed E-state index contributed by atoms with van der Waals surface area (Å²) in [5.41, 5.74) is 1.37. The monoisotopic (exact) mass is 515 g/mol. The van der Waals surface area contributed by atoms with Crippen LogP contribution in [0.4, 0.5) is 13.2 Å². The Morgan fingerprint density at radius 2 is 1.92 bits per heavy atom. The molecule has 1 aromatic carbocycles. The number of benzene rings is 1. The van der Waals surface area contributed by atoms with E-state index in [1.807, 2.05) is 19.1 Å². The first-order valence-electron chi connectivity index (χ1n) is 13.3. The Kier molecular flexibility index (Phi) is 6.30. The zero-order chi connectivity index (χ0) is 25.8. The maximum absolute atomic E-state index is 13.1. The summed E-state index contributed by atoms with van der Waals surface area (Å²) in [7, 11) is 0. The molecule has 2 aliphatic heterocycles. The first-order chi connectivity index (χ1) is 17.7. The van der Waals surface area contributed by atoms with Crippen molar-refractivity contribution in [2.45, 2.75) is 63.5 Å². The standard InChI is InChI=1S/C29H32F3NO4/c1-17-26-23(25-15-28(35-11-12-36-28)10-9-19(25)14-24(26)27(34)37-17)8-7-22-6-5-20(16-33-22)18-3-2-4-21(13-18)29(30,31)32/h2-6,13,16-17,19,23-26H,7-12,14-15H2,1H3/t17-,19+,23+,24-,25-,26+/m0/s1. The second kappa shape index (κ2) is 9.38. The van der Waals surface area contributed by atoms with E-state index >= 15 is 0 Å². The molecule has 4 aliphatic rings. The van der Waals surface area contributed by atoms with Gasteiger partial charge in [-0.05, 0) is 74.1 Å². The van der Waals surface area contributed by atoms with Crippen molar-refractivity contribution in [3.63, 3.8) is 0 Å². The normalized spacial score (nSPS) is 32.7. The fourth-order valence-corrected chi connectivity index (χ4v) is 7.48. The lowest BCUT2D eigenvalue weighted by Crippen LogP contribution is -2.50. The second-order valence-corrected chi connectivity index (χ2v) is 11.2. The largest absolute Gasteiger partial charge is 0.462 e. The number of carbonyl (C=O) groups is 1. The minimum atomic E-state index is -4.38. The number of hydrogen-bond acceptors (Lipinski definition) is 5. The van der Waals surface area contributed by atoms with Gasteiger partial charge in [-0.25, -0.2) is 0 Å². The number of hydrogen-bond donors (Lipinski definition) is 0. The van der Waals surface area contributed by atoms with E-state index in [9.17, 15) is 18.0 Å². The second-order valence-electron chi connectivity index (χ2n) is 11.2. The van der Waals surface area contributed by atoms with Crippen LogP contribution in [0.15, 0.2) is 42.6 Å². The molecule has 0 amide bonds. The van der Waals surface area contributed by atoms with Gasteiger partial charge in [-0.2, -0.15) is 13.2 Å². The molecule has 198 valence electrons. The number of carbonyl (C=O) groups excluding carboxylic acids is 1. The minimum absolute atomic E-state index is 0.0445. The molecule has 0 bridgehead atoms. The van der Waals surface area contributed by atoms with Crippen LogP contribution in [0, 0.1) is 29.6 Å². The summed E-state index contributed by atoms with van der Waals surface area (Å²) in [6.07, 6.45) is 2.38. The van der Waals surface area contributed by atoms with Gasteiger partial charge in [0.05, 0.1) is 24.7 Å². The van der Waals surface area contributed by atoms with Crippen molar-refractivity contribution in [2.75, 3.05) is 13.2 Å². The number of fused-ring (bicyclic) bond motifs is 2. The van der Waals surface area contributed by atoms with E-state index in [0.29, 0.717) is 42.1 Å². The Labute approximate surface area is 214 Å². The van der Waals surface area contributed by atoms with Crippen molar-refractivity contribution in [1.29, 1.82) is 0 Å². The lowest BCUT2D eigenvalue weighted by Gasteiger charge is -2.50. The van der Waals surface area contributed by atoms with E-state index in [1.165, 1.54) is 6.07 Å². The topological polar surface area (TPSA) is 57.7 Å². The van der Waals surface area contributed by atoms with Gasteiger partial charge >= 0.3 is 12.1 Å². The molecule has 37 heavy (non-hydrogen) atoms. The van der Waals surface area contributed by atoms with Gasteiger partial charge in [-0.1, -0.05) is 18.2 Å². The third-order valence-corrected chi connectivity index (χ3v) is 9.16. The molecule has 8 heteroatoms. The van der Waals surface area contributed by atoms with Crippen molar-refractivity contribution in [3.8, 4) is 11.1 Å². The number of nitrogens with zero attached hydrogens (tertiary/aromatic N) is 1. The van der Waals surface area contributed by atoms with E-state index in [0.717, 1.165) is 56.4 Å². The summed E-state index contributed by atoms with van der Waals surface area (Å²) in [5, 5.41) is 0. The molecule has 2 aliphatic carbocycles. The Balaban J connectivity index is 1.20. The van der Waals surface area contributed by atoms with E-state index in [4.69, 9.17) is 14.2 Å². The highest BCUT2D eigenvalue weighted by atomic mass is 19.4. The van der Waals surface area contributed by atoms with Crippen LogP contribution >= 0.6 is 0 Å². The molecule has 2 saturated carbocycles. The van der Waals surface area contributed by atoms with E-state index in [2.05, 4.69) is 4.98 Å². The van der Waals surface area contributed by atoms with Crippen LogP contribution < -0.4 is 0 Å². The SMILES string of the molecule is C[C@@H]1OC(=O)[C@H]2C[C@H]3CCC4(C[C@@H]3[C@@H](CCc3ccc(-c5cccc(C(F)(F)F)c5)cn3)[C@@H]12)OCCO4. The fraction of sp³-hybridized carbons (Fsp3) is 0.586. The number of aryl methyl sites for hydroxylation is 1. The van der Waals surface area contributed by atoms with Crippen molar-refractivity contribution in [1.82, 2.24) is 4.98 Å². The average Bonchev–Trinajstić information content (AvgIpc) is 3.45. The molecule has 0 N–H and O–H groups in total. The van der Waals surface area contributed by atoms with Gasteiger partial charge in [-0.3, -0.25) is 9.78 Å². The smallest absolute Gasteiger partial charge is 0.416 e. The molecule has 4 fully saturated rings. The highest BCUT2D eigenvalue weighted by Crippen LogP contribution is 2.57. The number of ether oxygens (including phenoxy) is 3. The van der Waals surface area contributed by atoms with Crippen LogP contribution in [-0.4, -0.2) is 36.1 Å². The van der Waals surface area contributed by atoms with E-state index in [1.54, 1.807) is 12.3 Å². The highest BCUT2D eigenvalue weighted by Gasteiger charge is 2.57. The zero-order valence-electron chi connectivity index (χ0n) is 20.9. The molecule has 2 saturated heterocycles. The number of halogens is 3. The Morgan fingerprint density at radius 3 is 2.65 bits per heavy atom. The number of esters is 1. The first-order valence-corrected chi connectivity index (χ1v) is 13.3. The van der Waals surface area contributed by atoms with E-state index in [-0.39, 0.29) is 23.9 Å². The number of cyclic esters (lactones) is 1. The van der Waals surface area contributed by atoms with Gasteiger partial charge in [0.25, 0.3) is 0 Å². The predicted octanol–water partition coefficient (Wildman–Crippen LogP) is 6.06. The fourth-order valence-electron chi connectivity index (χ4n) is 7.48. The van der Waals surface area contributed by atoms with Gasteiger partial charge in [0.1, 0.15) is 6.10 Å². The van der Waals surface area contributed by atoms with Crippen LogP contribution in [0.5, 0.6) is 0 Å². The predicted molar refractivity (Wildman–Crippen MR) is 129 cm³/mol. The summed E-state index contributed by atoms with van der Waals surface area (Å²) in [5.74, 6) is 0.738. The van der Waals surface area contributed by atoms with Gasteiger partial charge in [0.15, 0.2) is 5.79 Å². The van der Waals surface area contributed by atoms with Gasteiger partial charge < -0.3 is 14.2 Å². The Hall–Kier alpha value is -2.45. The number of aromatic nitrogens is 1. The van der Waals surface area contributed by atoms with Crippen LogP contribution in [0.2, 0.25) is 0 Å². The molecule has 2 aromatic rings. The number of pyridine rings is 1. The number of rotatable bonds is 4. The molecule has 0 unspecified atom stereocenters. The molecular formula is C29H32F3NO4. The Bertz CT molecular complexity index is 1140. The molecule has 6 atom stereocenters. The average molecular weight is 516 g/mol. The first kappa shape index (κ1) is 24.9. The summed E-state index contributed by atoms with van der Waals surface area (Å²) >= 11 is 0. The maximum atomic E-state index is 13.1. The summed E-state index contributed by atoms with van der Waals surface area (Å²) in [6.45, 7) is 3.28. The minimum Gasteiger partial charge on any atom is -0.462 e. The summed E-state index contributed by atoms with van der Waals surface area (Å²) in [4.78, 5) is 17.3. The van der Waals surface area contributed by atoms with E-state index < -0.39 is 17.5 Å². The zero-order valence-corrected chi connectivity index (χ0v) is 20.9. The number of alkyl halides is 3. The van der Waals surface area contributed by atoms with Crippen LogP contribution in [0.25, 0.3) is 11.1 Å². The molecule has 0 radical (unpaired) electrons. The highest BCUT2D eigenvalue weighted by molar-refractivity contribution is 5.75. The molecule has 3 heterocycles. The lowest BCUT2D eigenvalue weighted by atomic mass is 9.55. The summed E-state index contributed by atoms with van der Waals surface area (Å²) in [6, 6.07) is 9.06. The molecular weight excluding hydrogens is 483 g/mol.